The first kappa shape index (κ1) is 13.2. The Labute approximate surface area is 110 Å². The van der Waals surface area contributed by atoms with Crippen LogP contribution in [0.4, 0.5) is 5.69 Å². The van der Waals surface area contributed by atoms with Crippen LogP contribution in [0.25, 0.3) is 0 Å². The van der Waals surface area contributed by atoms with Crippen LogP contribution in [0, 0.1) is 5.41 Å². The Morgan fingerprint density at radius 2 is 2.17 bits per heavy atom. The van der Waals surface area contributed by atoms with Gasteiger partial charge in [0.2, 0.25) is 0 Å². The zero-order chi connectivity index (χ0) is 13.2. The first-order valence-electron chi connectivity index (χ1n) is 6.63. The highest BCUT2D eigenvalue weighted by Gasteiger charge is 2.34. The van der Waals surface area contributed by atoms with E-state index in [-0.39, 0.29) is 0 Å². The van der Waals surface area contributed by atoms with Crippen molar-refractivity contribution in [2.45, 2.75) is 26.3 Å². The molecule has 3 nitrogen and oxygen atoms in total. The minimum atomic E-state index is 0.365. The molecule has 0 amide bonds. The van der Waals surface area contributed by atoms with E-state index in [0.29, 0.717) is 11.5 Å². The number of hydrogen-bond donors (Lipinski definition) is 1. The number of methoxy groups -OCH3 is 1. The Kier molecular flexibility index (Phi) is 3.81. The van der Waals surface area contributed by atoms with Gasteiger partial charge in [0.05, 0.1) is 7.11 Å². The second-order valence-corrected chi connectivity index (χ2v) is 5.73. The van der Waals surface area contributed by atoms with E-state index < -0.39 is 0 Å². The molecular formula is C15H24N2O. The Bertz CT molecular complexity index is 403. The average Bonchev–Trinajstić information content (AvgIpc) is 2.38. The van der Waals surface area contributed by atoms with Crippen molar-refractivity contribution in [3.05, 3.63) is 24.3 Å². The zero-order valence-electron chi connectivity index (χ0n) is 11.9. The summed E-state index contributed by atoms with van der Waals surface area (Å²) in [6.45, 7) is 6.85. The summed E-state index contributed by atoms with van der Waals surface area (Å²) >= 11 is 0. The summed E-state index contributed by atoms with van der Waals surface area (Å²) in [5, 5.41) is 3.45. The molecule has 1 fully saturated rings. The third-order valence-electron chi connectivity index (χ3n) is 4.14. The summed E-state index contributed by atoms with van der Waals surface area (Å²) in [5.41, 5.74) is 1.62. The highest BCUT2D eigenvalue weighted by molar-refractivity contribution is 5.51. The Hall–Kier alpha value is -1.22. The number of piperidine rings is 1. The summed E-state index contributed by atoms with van der Waals surface area (Å²) < 4.78 is 5.30. The number of nitrogens with one attached hydrogen (secondary N) is 1. The third kappa shape index (κ3) is 2.61. The summed E-state index contributed by atoms with van der Waals surface area (Å²) in [4.78, 5) is 2.44. The molecule has 18 heavy (non-hydrogen) atoms. The molecule has 0 spiro atoms. The van der Waals surface area contributed by atoms with Crippen molar-refractivity contribution in [1.82, 2.24) is 5.32 Å². The lowest BCUT2D eigenvalue weighted by Gasteiger charge is -2.44. The van der Waals surface area contributed by atoms with Crippen molar-refractivity contribution < 1.29 is 4.74 Å². The first-order valence-corrected chi connectivity index (χ1v) is 6.63. The average molecular weight is 248 g/mol. The molecule has 3 heteroatoms. The fraction of sp³-hybridized carbons (Fsp3) is 0.600. The number of hydrogen-bond acceptors (Lipinski definition) is 3. The van der Waals surface area contributed by atoms with Crippen LogP contribution in [0.15, 0.2) is 24.3 Å². The van der Waals surface area contributed by atoms with Gasteiger partial charge in [-0.1, -0.05) is 19.9 Å². The van der Waals surface area contributed by atoms with Crippen molar-refractivity contribution >= 4 is 5.69 Å². The van der Waals surface area contributed by atoms with E-state index in [2.05, 4.69) is 49.3 Å². The molecule has 1 unspecified atom stereocenters. The largest absolute Gasteiger partial charge is 0.497 e. The van der Waals surface area contributed by atoms with Gasteiger partial charge in [-0.2, -0.15) is 0 Å². The van der Waals surface area contributed by atoms with Gasteiger partial charge in [0.1, 0.15) is 5.75 Å². The van der Waals surface area contributed by atoms with Gasteiger partial charge in [-0.05, 0) is 31.0 Å². The van der Waals surface area contributed by atoms with Crippen LogP contribution in [0.2, 0.25) is 0 Å². The Balaban J connectivity index is 2.15. The molecule has 1 aromatic rings. The number of ether oxygens (including phenoxy) is 1. The SMILES string of the molecule is CNC1CN(c2cccc(OC)c2)CCC1(C)C. The quantitative estimate of drug-likeness (QED) is 0.889. The zero-order valence-corrected chi connectivity index (χ0v) is 11.9. The number of benzene rings is 1. The molecule has 1 aromatic carbocycles. The molecule has 1 aliphatic heterocycles. The van der Waals surface area contributed by atoms with E-state index in [1.165, 1.54) is 12.1 Å². The monoisotopic (exact) mass is 248 g/mol. The number of anilines is 1. The van der Waals surface area contributed by atoms with Gasteiger partial charge in [0.25, 0.3) is 0 Å². The van der Waals surface area contributed by atoms with Crippen LogP contribution >= 0.6 is 0 Å². The maximum absolute atomic E-state index is 5.30. The molecule has 1 atom stereocenters. The number of rotatable bonds is 3. The maximum Gasteiger partial charge on any atom is 0.120 e. The number of likely N-dealkylation sites (N-methyl/N-ethyl adjacent to an activating group) is 1. The second kappa shape index (κ2) is 5.19. The van der Waals surface area contributed by atoms with E-state index in [1.807, 2.05) is 6.07 Å². The second-order valence-electron chi connectivity index (χ2n) is 5.73. The van der Waals surface area contributed by atoms with Crippen molar-refractivity contribution in [2.24, 2.45) is 5.41 Å². The van der Waals surface area contributed by atoms with Crippen LogP contribution in [0.3, 0.4) is 0 Å². The van der Waals surface area contributed by atoms with Gasteiger partial charge in [-0.15, -0.1) is 0 Å². The standard InChI is InChI=1S/C15H24N2O/c1-15(2)8-9-17(11-14(15)16-3)12-6-5-7-13(10-12)18-4/h5-7,10,14,16H,8-9,11H2,1-4H3. The smallest absolute Gasteiger partial charge is 0.120 e. The molecule has 100 valence electrons. The molecule has 1 N–H and O–H groups in total. The fourth-order valence-electron chi connectivity index (χ4n) is 2.68. The maximum atomic E-state index is 5.30. The third-order valence-corrected chi connectivity index (χ3v) is 4.14. The van der Waals surface area contributed by atoms with E-state index in [1.54, 1.807) is 7.11 Å². The fourth-order valence-corrected chi connectivity index (χ4v) is 2.68. The molecule has 1 saturated heterocycles. The molecule has 1 aliphatic rings. The van der Waals surface area contributed by atoms with E-state index in [0.717, 1.165) is 18.8 Å². The summed E-state index contributed by atoms with van der Waals surface area (Å²) in [6.07, 6.45) is 1.20. The molecule has 1 heterocycles. The lowest BCUT2D eigenvalue weighted by molar-refractivity contribution is 0.208. The van der Waals surface area contributed by atoms with Crippen molar-refractivity contribution in [1.29, 1.82) is 0 Å². The molecule has 2 rings (SSSR count). The minimum absolute atomic E-state index is 0.365. The lowest BCUT2D eigenvalue weighted by atomic mass is 9.78. The highest BCUT2D eigenvalue weighted by Crippen LogP contribution is 2.33. The molecule has 0 saturated carbocycles. The summed E-state index contributed by atoms with van der Waals surface area (Å²) in [6, 6.07) is 8.85. The molecule has 0 bridgehead atoms. The van der Waals surface area contributed by atoms with Gasteiger partial charge in [0.15, 0.2) is 0 Å². The van der Waals surface area contributed by atoms with Gasteiger partial charge in [0, 0.05) is 30.9 Å². The van der Waals surface area contributed by atoms with E-state index in [4.69, 9.17) is 4.74 Å². The summed E-state index contributed by atoms with van der Waals surface area (Å²) in [5.74, 6) is 0.929. The predicted molar refractivity (Wildman–Crippen MR) is 76.5 cm³/mol. The molecular weight excluding hydrogens is 224 g/mol. The van der Waals surface area contributed by atoms with Crippen LogP contribution < -0.4 is 15.0 Å². The van der Waals surface area contributed by atoms with Crippen LogP contribution in [0.1, 0.15) is 20.3 Å². The van der Waals surface area contributed by atoms with E-state index >= 15 is 0 Å². The van der Waals surface area contributed by atoms with Crippen molar-refractivity contribution in [2.75, 3.05) is 32.1 Å². The molecule has 0 aromatic heterocycles. The Morgan fingerprint density at radius 3 is 2.83 bits per heavy atom. The van der Waals surface area contributed by atoms with Gasteiger partial charge in [-0.3, -0.25) is 0 Å². The van der Waals surface area contributed by atoms with Gasteiger partial charge < -0.3 is 15.0 Å². The van der Waals surface area contributed by atoms with Crippen LogP contribution in [-0.4, -0.2) is 33.3 Å². The highest BCUT2D eigenvalue weighted by atomic mass is 16.5. The van der Waals surface area contributed by atoms with Gasteiger partial charge >= 0.3 is 0 Å². The lowest BCUT2D eigenvalue weighted by Crippen LogP contribution is -2.54. The minimum Gasteiger partial charge on any atom is -0.497 e. The molecule has 0 radical (unpaired) electrons. The molecule has 0 aliphatic carbocycles. The first-order chi connectivity index (χ1) is 8.56. The van der Waals surface area contributed by atoms with Gasteiger partial charge in [-0.25, -0.2) is 0 Å². The topological polar surface area (TPSA) is 24.5 Å². The van der Waals surface area contributed by atoms with E-state index in [9.17, 15) is 0 Å². The number of nitrogens with zero attached hydrogens (tertiary/aromatic N) is 1. The summed E-state index contributed by atoms with van der Waals surface area (Å²) in [7, 11) is 3.77. The van der Waals surface area contributed by atoms with Crippen LogP contribution in [0.5, 0.6) is 5.75 Å². The normalized spacial score (nSPS) is 22.9. The van der Waals surface area contributed by atoms with Crippen molar-refractivity contribution in [3.8, 4) is 5.75 Å². The predicted octanol–water partition coefficient (Wildman–Crippen LogP) is 2.52. The van der Waals surface area contributed by atoms with Crippen LogP contribution in [-0.2, 0) is 0 Å². The Morgan fingerprint density at radius 1 is 1.39 bits per heavy atom. The van der Waals surface area contributed by atoms with Crippen molar-refractivity contribution in [3.63, 3.8) is 0 Å².